The van der Waals surface area contributed by atoms with Crippen LogP contribution in [0.1, 0.15) is 11.3 Å². The Hall–Kier alpha value is -2.98. The molecule has 1 aromatic heterocycles. The van der Waals surface area contributed by atoms with E-state index in [9.17, 15) is 5.11 Å². The number of hydrogen-bond donors (Lipinski definition) is 1. The molecule has 0 unspecified atom stereocenters. The molecule has 0 amide bonds. The lowest BCUT2D eigenvalue weighted by atomic mass is 10.1. The van der Waals surface area contributed by atoms with Crippen LogP contribution in [0.25, 0.3) is 21.7 Å². The van der Waals surface area contributed by atoms with E-state index in [1.54, 1.807) is 12.1 Å². The zero-order valence-electron chi connectivity index (χ0n) is 13.1. The van der Waals surface area contributed by atoms with Gasteiger partial charge in [-0.3, -0.25) is 0 Å². The number of fused-ring (bicyclic) bond motifs is 3. The van der Waals surface area contributed by atoms with Crippen molar-refractivity contribution in [2.24, 2.45) is 5.16 Å². The summed E-state index contributed by atoms with van der Waals surface area (Å²) in [5.74, 6) is 0.327. The van der Waals surface area contributed by atoms with Gasteiger partial charge in [0.1, 0.15) is 18.4 Å². The Balaban J connectivity index is 1.58. The normalized spacial score (nSPS) is 11.6. The van der Waals surface area contributed by atoms with Crippen molar-refractivity contribution in [3.63, 3.8) is 0 Å². The lowest BCUT2D eigenvalue weighted by Gasteiger charge is -1.99. The molecule has 0 saturated heterocycles. The molecule has 4 rings (SSSR count). The van der Waals surface area contributed by atoms with Gasteiger partial charge in [-0.05, 0) is 34.5 Å². The van der Waals surface area contributed by atoms with Crippen molar-refractivity contribution in [2.45, 2.75) is 6.61 Å². The molecule has 0 aliphatic carbocycles. The first-order valence-corrected chi connectivity index (χ1v) is 8.13. The fraction of sp³-hybridized carbons (Fsp3) is 0.0500. The van der Waals surface area contributed by atoms with Gasteiger partial charge >= 0.3 is 0 Å². The van der Waals surface area contributed by atoms with Gasteiger partial charge in [0.25, 0.3) is 0 Å². The van der Waals surface area contributed by atoms with Crippen molar-refractivity contribution in [3.05, 3.63) is 77.0 Å². The Bertz CT molecular complexity index is 1070. The highest BCUT2D eigenvalue weighted by molar-refractivity contribution is 6.30. The van der Waals surface area contributed by atoms with Gasteiger partial charge in [-0.1, -0.05) is 59.2 Å². The maximum absolute atomic E-state index is 10.5. The maximum Gasteiger partial charge on any atom is 0.191 e. The van der Waals surface area contributed by atoms with E-state index in [1.165, 1.54) is 6.21 Å². The molecule has 0 radical (unpaired) electrons. The van der Waals surface area contributed by atoms with Crippen LogP contribution in [-0.4, -0.2) is 11.3 Å². The summed E-state index contributed by atoms with van der Waals surface area (Å²) in [7, 11) is 0. The second-order valence-corrected chi connectivity index (χ2v) is 6.05. The number of nitrogens with zero attached hydrogens (tertiary/aromatic N) is 1. The SMILES string of the molecule is Oc1c(/C=N\OCc2ccc(Cl)cc2)oc2ccc3ccccc3c12. The third-order valence-corrected chi connectivity index (χ3v) is 4.22. The molecule has 3 aromatic carbocycles. The fourth-order valence-corrected chi connectivity index (χ4v) is 2.86. The lowest BCUT2D eigenvalue weighted by Crippen LogP contribution is -1.87. The number of oxime groups is 1. The van der Waals surface area contributed by atoms with E-state index < -0.39 is 0 Å². The summed E-state index contributed by atoms with van der Waals surface area (Å²) in [5, 5.41) is 17.7. The first kappa shape index (κ1) is 15.5. The van der Waals surface area contributed by atoms with Crippen LogP contribution in [0.2, 0.25) is 5.02 Å². The largest absolute Gasteiger partial charge is 0.504 e. The highest BCUT2D eigenvalue weighted by atomic mass is 35.5. The van der Waals surface area contributed by atoms with Crippen LogP contribution in [0.15, 0.2) is 70.2 Å². The van der Waals surface area contributed by atoms with Gasteiger partial charge in [0, 0.05) is 5.02 Å². The molecule has 0 bridgehead atoms. The molecule has 4 nitrogen and oxygen atoms in total. The summed E-state index contributed by atoms with van der Waals surface area (Å²) < 4.78 is 5.68. The monoisotopic (exact) mass is 351 g/mol. The smallest absolute Gasteiger partial charge is 0.191 e. The average molecular weight is 352 g/mol. The van der Waals surface area contributed by atoms with Crippen LogP contribution in [0, 0.1) is 0 Å². The molecule has 5 heteroatoms. The van der Waals surface area contributed by atoms with Crippen molar-refractivity contribution < 1.29 is 14.4 Å². The van der Waals surface area contributed by atoms with Gasteiger partial charge in [-0.25, -0.2) is 0 Å². The molecule has 0 atom stereocenters. The second-order valence-electron chi connectivity index (χ2n) is 5.61. The zero-order valence-corrected chi connectivity index (χ0v) is 13.9. The molecule has 0 aliphatic rings. The predicted octanol–water partition coefficient (Wildman–Crippen LogP) is 5.50. The Morgan fingerprint density at radius 3 is 2.68 bits per heavy atom. The lowest BCUT2D eigenvalue weighted by molar-refractivity contribution is 0.132. The molecule has 4 aromatic rings. The molecule has 0 aliphatic heterocycles. The van der Waals surface area contributed by atoms with Gasteiger partial charge in [-0.2, -0.15) is 0 Å². The number of halogens is 1. The van der Waals surface area contributed by atoms with Crippen molar-refractivity contribution >= 4 is 39.6 Å². The van der Waals surface area contributed by atoms with Crippen LogP contribution in [-0.2, 0) is 11.4 Å². The van der Waals surface area contributed by atoms with Crippen molar-refractivity contribution in [1.82, 2.24) is 0 Å². The van der Waals surface area contributed by atoms with E-state index in [1.807, 2.05) is 48.5 Å². The number of hydrogen-bond acceptors (Lipinski definition) is 4. The minimum Gasteiger partial charge on any atom is -0.504 e. The number of furan rings is 1. The van der Waals surface area contributed by atoms with Crippen LogP contribution in [0.3, 0.4) is 0 Å². The second kappa shape index (κ2) is 6.49. The third kappa shape index (κ3) is 3.04. The summed E-state index contributed by atoms with van der Waals surface area (Å²) in [4.78, 5) is 5.26. The molecule has 0 fully saturated rings. The minimum absolute atomic E-state index is 0.0608. The van der Waals surface area contributed by atoms with Crippen molar-refractivity contribution in [2.75, 3.05) is 0 Å². The zero-order chi connectivity index (χ0) is 17.2. The van der Waals surface area contributed by atoms with E-state index in [2.05, 4.69) is 5.16 Å². The number of benzene rings is 3. The predicted molar refractivity (Wildman–Crippen MR) is 99.2 cm³/mol. The number of rotatable bonds is 4. The van der Waals surface area contributed by atoms with Gasteiger partial charge in [0.15, 0.2) is 11.5 Å². The molecule has 1 heterocycles. The standard InChI is InChI=1S/C20H14ClNO3/c21-15-8-5-13(6-9-15)12-24-22-11-18-20(23)19-16-4-2-1-3-14(16)7-10-17(19)25-18/h1-11,23H,12H2/b22-11-. The average Bonchev–Trinajstić information content (AvgIpc) is 2.97. The summed E-state index contributed by atoms with van der Waals surface area (Å²) >= 11 is 5.84. The molecule has 1 N–H and O–H groups in total. The van der Waals surface area contributed by atoms with Crippen LogP contribution in [0.4, 0.5) is 0 Å². The van der Waals surface area contributed by atoms with E-state index in [4.69, 9.17) is 20.9 Å². The highest BCUT2D eigenvalue weighted by Gasteiger charge is 2.14. The molecule has 124 valence electrons. The topological polar surface area (TPSA) is 55.0 Å². The number of aromatic hydroxyl groups is 1. The van der Waals surface area contributed by atoms with Gasteiger partial charge in [0.05, 0.1) is 5.39 Å². The van der Waals surface area contributed by atoms with E-state index in [-0.39, 0.29) is 11.5 Å². The fourth-order valence-electron chi connectivity index (χ4n) is 2.74. The summed E-state index contributed by atoms with van der Waals surface area (Å²) in [6.45, 7) is 0.303. The van der Waals surface area contributed by atoms with Crippen LogP contribution >= 0.6 is 11.6 Å². The van der Waals surface area contributed by atoms with Gasteiger partial charge in [-0.15, -0.1) is 0 Å². The Kier molecular flexibility index (Phi) is 4.04. The van der Waals surface area contributed by atoms with E-state index in [0.29, 0.717) is 22.6 Å². The molecular weight excluding hydrogens is 338 g/mol. The van der Waals surface area contributed by atoms with E-state index >= 15 is 0 Å². The first-order chi connectivity index (χ1) is 12.2. The van der Waals surface area contributed by atoms with Gasteiger partial charge in [0.2, 0.25) is 0 Å². The van der Waals surface area contributed by atoms with Gasteiger partial charge < -0.3 is 14.4 Å². The highest BCUT2D eigenvalue weighted by Crippen LogP contribution is 2.36. The first-order valence-electron chi connectivity index (χ1n) is 7.75. The van der Waals surface area contributed by atoms with Crippen molar-refractivity contribution in [1.29, 1.82) is 0 Å². The van der Waals surface area contributed by atoms with Crippen molar-refractivity contribution in [3.8, 4) is 5.75 Å². The maximum atomic E-state index is 10.5. The molecule has 0 saturated carbocycles. The summed E-state index contributed by atoms with van der Waals surface area (Å²) in [5.41, 5.74) is 1.55. The molecule has 25 heavy (non-hydrogen) atoms. The van der Waals surface area contributed by atoms with Crippen LogP contribution < -0.4 is 0 Å². The summed E-state index contributed by atoms with van der Waals surface area (Å²) in [6.07, 6.45) is 1.38. The Morgan fingerprint density at radius 2 is 1.84 bits per heavy atom. The molecular formula is C20H14ClNO3. The molecule has 0 spiro atoms. The quantitative estimate of drug-likeness (QED) is 0.390. The summed E-state index contributed by atoms with van der Waals surface area (Å²) in [6, 6.07) is 18.9. The third-order valence-electron chi connectivity index (χ3n) is 3.97. The van der Waals surface area contributed by atoms with Crippen LogP contribution in [0.5, 0.6) is 5.75 Å². The van der Waals surface area contributed by atoms with E-state index in [0.717, 1.165) is 16.3 Å². The minimum atomic E-state index is 0.0608. The Labute approximate surface area is 148 Å². The Morgan fingerprint density at radius 1 is 1.04 bits per heavy atom.